The number of halogens is 2. The highest BCUT2D eigenvalue weighted by atomic mass is 35.5. The third-order valence-corrected chi connectivity index (χ3v) is 3.79. The number of carbonyl (C=O) groups is 2. The molecule has 2 aromatic rings. The van der Waals surface area contributed by atoms with Gasteiger partial charge in [0.25, 0.3) is 5.91 Å². The van der Waals surface area contributed by atoms with E-state index in [9.17, 15) is 9.59 Å². The van der Waals surface area contributed by atoms with Crippen molar-refractivity contribution in [3.05, 3.63) is 69.7 Å². The van der Waals surface area contributed by atoms with Crippen LogP contribution in [0.15, 0.2) is 48.5 Å². The van der Waals surface area contributed by atoms with Gasteiger partial charge in [-0.25, -0.2) is 4.79 Å². The minimum Gasteiger partial charge on any atom is -0.444 e. The van der Waals surface area contributed by atoms with Gasteiger partial charge in [0, 0.05) is 19.7 Å². The zero-order chi connectivity index (χ0) is 17.0. The molecule has 0 aliphatic heterocycles. The van der Waals surface area contributed by atoms with Crippen molar-refractivity contribution in [3.63, 3.8) is 0 Å². The molecular formula is C17H15Cl2NO3. The molecular weight excluding hydrogens is 337 g/mol. The summed E-state index contributed by atoms with van der Waals surface area (Å²) in [6.45, 7) is 0. The molecule has 1 atom stereocenters. The van der Waals surface area contributed by atoms with Gasteiger partial charge in [-0.2, -0.15) is 0 Å². The van der Waals surface area contributed by atoms with Gasteiger partial charge in [0.1, 0.15) is 0 Å². The summed E-state index contributed by atoms with van der Waals surface area (Å²) in [4.78, 5) is 26.2. The normalized spacial score (nSPS) is 11.7. The summed E-state index contributed by atoms with van der Waals surface area (Å²) >= 11 is 12.0. The molecule has 0 heterocycles. The van der Waals surface area contributed by atoms with Crippen LogP contribution in [-0.2, 0) is 9.53 Å². The van der Waals surface area contributed by atoms with Gasteiger partial charge >= 0.3 is 5.97 Å². The standard InChI is InChI=1S/C17H15Cl2NO3/c1-20(2)16(21)15(11-7-4-3-5-8-11)23-17(22)14-12(18)9-6-10-13(14)19/h3-10,15H,1-2H3/t15-/m0/s1. The van der Waals surface area contributed by atoms with Crippen molar-refractivity contribution in [1.82, 2.24) is 4.90 Å². The number of likely N-dealkylation sites (N-methyl/N-ethyl adjacent to an activating group) is 1. The number of amides is 1. The van der Waals surface area contributed by atoms with Crippen LogP contribution in [0.3, 0.4) is 0 Å². The average molecular weight is 352 g/mol. The van der Waals surface area contributed by atoms with E-state index < -0.39 is 12.1 Å². The van der Waals surface area contributed by atoms with Crippen molar-refractivity contribution >= 4 is 35.1 Å². The number of carbonyl (C=O) groups excluding carboxylic acids is 2. The fourth-order valence-corrected chi connectivity index (χ4v) is 2.53. The first-order valence-corrected chi connectivity index (χ1v) is 7.58. The number of hydrogen-bond acceptors (Lipinski definition) is 3. The van der Waals surface area contributed by atoms with E-state index in [1.165, 1.54) is 17.0 Å². The van der Waals surface area contributed by atoms with Gasteiger partial charge in [0.05, 0.1) is 15.6 Å². The minimum atomic E-state index is -1.06. The number of nitrogens with zero attached hydrogens (tertiary/aromatic N) is 1. The SMILES string of the molecule is CN(C)C(=O)[C@@H](OC(=O)c1c(Cl)cccc1Cl)c1ccccc1. The second-order valence-corrected chi connectivity index (χ2v) is 5.84. The molecule has 4 nitrogen and oxygen atoms in total. The first kappa shape index (κ1) is 17.3. The summed E-state index contributed by atoms with van der Waals surface area (Å²) in [5, 5.41) is 0.346. The first-order valence-electron chi connectivity index (χ1n) is 6.83. The van der Waals surface area contributed by atoms with Gasteiger partial charge in [-0.3, -0.25) is 4.79 Å². The van der Waals surface area contributed by atoms with E-state index in [-0.39, 0.29) is 21.5 Å². The summed E-state index contributed by atoms with van der Waals surface area (Å²) in [6.07, 6.45) is -1.06. The molecule has 0 aliphatic rings. The molecule has 120 valence electrons. The maximum atomic E-state index is 12.4. The first-order chi connectivity index (χ1) is 10.9. The highest BCUT2D eigenvalue weighted by Crippen LogP contribution is 2.28. The predicted octanol–water partition coefficient (Wildman–Crippen LogP) is 3.98. The van der Waals surface area contributed by atoms with Crippen molar-refractivity contribution in [2.24, 2.45) is 0 Å². The van der Waals surface area contributed by atoms with Crippen molar-refractivity contribution < 1.29 is 14.3 Å². The van der Waals surface area contributed by atoms with Gasteiger partial charge in [-0.15, -0.1) is 0 Å². The molecule has 0 aliphatic carbocycles. The summed E-state index contributed by atoms with van der Waals surface area (Å²) in [5.74, 6) is -1.10. The highest BCUT2D eigenvalue weighted by Gasteiger charge is 2.28. The fraction of sp³-hybridized carbons (Fsp3) is 0.176. The molecule has 0 fully saturated rings. The Morgan fingerprint density at radius 1 is 0.957 bits per heavy atom. The summed E-state index contributed by atoms with van der Waals surface area (Å²) in [7, 11) is 3.18. The topological polar surface area (TPSA) is 46.6 Å². The van der Waals surface area contributed by atoms with Crippen LogP contribution >= 0.6 is 23.2 Å². The van der Waals surface area contributed by atoms with E-state index in [1.54, 1.807) is 44.4 Å². The van der Waals surface area contributed by atoms with Gasteiger partial charge in [-0.05, 0) is 12.1 Å². The van der Waals surface area contributed by atoms with Crippen molar-refractivity contribution in [3.8, 4) is 0 Å². The van der Waals surface area contributed by atoms with Crippen molar-refractivity contribution in [2.75, 3.05) is 14.1 Å². The number of ether oxygens (including phenoxy) is 1. The molecule has 23 heavy (non-hydrogen) atoms. The minimum absolute atomic E-state index is 0.0447. The predicted molar refractivity (Wildman–Crippen MR) is 89.8 cm³/mol. The van der Waals surface area contributed by atoms with Crippen LogP contribution in [0.1, 0.15) is 22.0 Å². The van der Waals surface area contributed by atoms with Gasteiger partial charge < -0.3 is 9.64 Å². The van der Waals surface area contributed by atoms with Crippen LogP contribution in [0, 0.1) is 0 Å². The number of benzene rings is 2. The Bertz CT molecular complexity index is 697. The number of hydrogen-bond donors (Lipinski definition) is 0. The third kappa shape index (κ3) is 4.03. The zero-order valence-corrected chi connectivity index (χ0v) is 14.1. The fourth-order valence-electron chi connectivity index (χ4n) is 1.98. The Morgan fingerprint density at radius 3 is 2.04 bits per heavy atom. The smallest absolute Gasteiger partial charge is 0.342 e. The molecule has 0 radical (unpaired) electrons. The van der Waals surface area contributed by atoms with Crippen molar-refractivity contribution in [1.29, 1.82) is 0 Å². The maximum Gasteiger partial charge on any atom is 0.342 e. The molecule has 0 saturated carbocycles. The molecule has 2 aromatic carbocycles. The van der Waals surface area contributed by atoms with Gasteiger partial charge in [-0.1, -0.05) is 59.6 Å². The number of rotatable bonds is 4. The lowest BCUT2D eigenvalue weighted by atomic mass is 10.1. The molecule has 0 bridgehead atoms. The van der Waals surface area contributed by atoms with Gasteiger partial charge in [0.2, 0.25) is 6.10 Å². The van der Waals surface area contributed by atoms with Crippen LogP contribution in [0.25, 0.3) is 0 Å². The Labute approximate surface area is 144 Å². The van der Waals surface area contributed by atoms with Gasteiger partial charge in [0.15, 0.2) is 0 Å². The maximum absolute atomic E-state index is 12.4. The zero-order valence-electron chi connectivity index (χ0n) is 12.6. The summed E-state index contributed by atoms with van der Waals surface area (Å²) < 4.78 is 5.41. The van der Waals surface area contributed by atoms with E-state index in [0.717, 1.165) is 0 Å². The third-order valence-electron chi connectivity index (χ3n) is 3.16. The Morgan fingerprint density at radius 2 is 1.52 bits per heavy atom. The molecule has 0 N–H and O–H groups in total. The Balaban J connectivity index is 2.35. The number of esters is 1. The molecule has 0 saturated heterocycles. The Hall–Kier alpha value is -2.04. The summed E-state index contributed by atoms with van der Waals surface area (Å²) in [5.41, 5.74) is 0.617. The molecule has 0 unspecified atom stereocenters. The molecule has 0 spiro atoms. The molecule has 1 amide bonds. The second-order valence-electron chi connectivity index (χ2n) is 5.03. The van der Waals surface area contributed by atoms with E-state index in [2.05, 4.69) is 0 Å². The van der Waals surface area contributed by atoms with Crippen LogP contribution in [0.2, 0.25) is 10.0 Å². The lowest BCUT2D eigenvalue weighted by molar-refractivity contribution is -0.138. The molecule has 0 aromatic heterocycles. The molecule has 6 heteroatoms. The van der Waals surface area contributed by atoms with Crippen LogP contribution in [0.5, 0.6) is 0 Å². The van der Waals surface area contributed by atoms with E-state index in [4.69, 9.17) is 27.9 Å². The van der Waals surface area contributed by atoms with E-state index >= 15 is 0 Å². The highest BCUT2D eigenvalue weighted by molar-refractivity contribution is 6.39. The molecule has 2 rings (SSSR count). The van der Waals surface area contributed by atoms with E-state index in [0.29, 0.717) is 5.56 Å². The summed E-state index contributed by atoms with van der Waals surface area (Å²) in [6, 6.07) is 13.5. The monoisotopic (exact) mass is 351 g/mol. The lowest BCUT2D eigenvalue weighted by Gasteiger charge is -2.21. The Kier molecular flexibility index (Phi) is 5.64. The average Bonchev–Trinajstić information content (AvgIpc) is 2.52. The second kappa shape index (κ2) is 7.49. The van der Waals surface area contributed by atoms with E-state index in [1.807, 2.05) is 6.07 Å². The lowest BCUT2D eigenvalue weighted by Crippen LogP contribution is -2.31. The largest absolute Gasteiger partial charge is 0.444 e. The van der Waals surface area contributed by atoms with Crippen LogP contribution in [0.4, 0.5) is 0 Å². The van der Waals surface area contributed by atoms with Crippen LogP contribution < -0.4 is 0 Å². The van der Waals surface area contributed by atoms with Crippen molar-refractivity contribution in [2.45, 2.75) is 6.10 Å². The van der Waals surface area contributed by atoms with Crippen LogP contribution in [-0.4, -0.2) is 30.9 Å². The quantitative estimate of drug-likeness (QED) is 0.782.